The smallest absolute Gasteiger partial charge is 0.231 e. The molecule has 1 aromatic heterocycles. The molecule has 0 spiro atoms. The predicted octanol–water partition coefficient (Wildman–Crippen LogP) is 3.73. The first-order chi connectivity index (χ1) is 11.6. The summed E-state index contributed by atoms with van der Waals surface area (Å²) < 4.78 is 16.3. The van der Waals surface area contributed by atoms with Gasteiger partial charge in [-0.2, -0.15) is 0 Å². The quantitative estimate of drug-likeness (QED) is 0.936. The largest absolute Gasteiger partial charge is 0.494 e. The molecule has 4 rings (SSSR count). The predicted molar refractivity (Wildman–Crippen MR) is 92.4 cm³/mol. The van der Waals surface area contributed by atoms with E-state index < -0.39 is 0 Å². The number of aromatic nitrogens is 1. The molecule has 5 heteroatoms. The van der Waals surface area contributed by atoms with Crippen LogP contribution in [0.15, 0.2) is 46.8 Å². The van der Waals surface area contributed by atoms with E-state index in [1.807, 2.05) is 37.3 Å². The van der Waals surface area contributed by atoms with Crippen molar-refractivity contribution in [3.05, 3.63) is 64.3 Å². The number of hydrogen-bond acceptors (Lipinski definition) is 4. The fraction of sp³-hybridized carbons (Fsp3) is 0.211. The molecule has 1 N–H and O–H groups in total. The molecule has 5 nitrogen and oxygen atoms in total. The molecule has 122 valence electrons. The Morgan fingerprint density at radius 1 is 1.17 bits per heavy atom. The molecular formula is C19H18N2O3. The number of ether oxygens (including phenoxy) is 3. The lowest BCUT2D eigenvalue weighted by Crippen LogP contribution is -1.94. The Balaban J connectivity index is 1.72. The summed E-state index contributed by atoms with van der Waals surface area (Å²) in [5, 5.41) is 0. The minimum Gasteiger partial charge on any atom is -0.494 e. The molecule has 0 saturated carbocycles. The van der Waals surface area contributed by atoms with Crippen molar-refractivity contribution in [3.63, 3.8) is 0 Å². The van der Waals surface area contributed by atoms with E-state index >= 15 is 0 Å². The van der Waals surface area contributed by atoms with Gasteiger partial charge in [0.1, 0.15) is 11.5 Å². The van der Waals surface area contributed by atoms with E-state index in [1.54, 1.807) is 7.11 Å². The molecule has 3 heterocycles. The maximum absolute atomic E-state index is 5.50. The van der Waals surface area contributed by atoms with E-state index in [-0.39, 0.29) is 6.79 Å². The summed E-state index contributed by atoms with van der Waals surface area (Å²) >= 11 is 0. The number of hydrogen-bond donors (Lipinski definition) is 1. The first-order valence-corrected chi connectivity index (χ1v) is 7.77. The summed E-state index contributed by atoms with van der Waals surface area (Å²) in [4.78, 5) is 8.06. The van der Waals surface area contributed by atoms with Gasteiger partial charge in [-0.05, 0) is 49.8 Å². The molecule has 0 atom stereocenters. The van der Waals surface area contributed by atoms with Gasteiger partial charge in [0.15, 0.2) is 11.5 Å². The number of benzene rings is 1. The third-order valence-electron chi connectivity index (χ3n) is 4.12. The SMILES string of the molecule is COC1=CC(c2ccc3c(c2)OCO3)=N/C1=C\c1[nH]c(C)cc1C. The Hall–Kier alpha value is -2.95. The van der Waals surface area contributed by atoms with Gasteiger partial charge in [-0.15, -0.1) is 0 Å². The van der Waals surface area contributed by atoms with Crippen molar-refractivity contribution in [1.82, 2.24) is 4.98 Å². The zero-order valence-electron chi connectivity index (χ0n) is 13.8. The van der Waals surface area contributed by atoms with Gasteiger partial charge in [0.05, 0.1) is 12.8 Å². The van der Waals surface area contributed by atoms with Crippen LogP contribution >= 0.6 is 0 Å². The number of H-pyrrole nitrogens is 1. The lowest BCUT2D eigenvalue weighted by atomic mass is 10.1. The number of rotatable bonds is 3. The average molecular weight is 322 g/mol. The van der Waals surface area contributed by atoms with Crippen LogP contribution < -0.4 is 9.47 Å². The van der Waals surface area contributed by atoms with Gasteiger partial charge in [0.25, 0.3) is 0 Å². The van der Waals surface area contributed by atoms with E-state index in [0.717, 1.165) is 45.6 Å². The van der Waals surface area contributed by atoms with E-state index in [4.69, 9.17) is 19.2 Å². The molecule has 2 aromatic rings. The van der Waals surface area contributed by atoms with Crippen LogP contribution in [-0.2, 0) is 4.74 Å². The zero-order chi connectivity index (χ0) is 16.7. The Bertz CT molecular complexity index is 903. The van der Waals surface area contributed by atoms with Crippen LogP contribution in [0.4, 0.5) is 0 Å². The van der Waals surface area contributed by atoms with Gasteiger partial charge in [0, 0.05) is 23.0 Å². The third kappa shape index (κ3) is 2.48. The molecule has 0 radical (unpaired) electrons. The lowest BCUT2D eigenvalue weighted by molar-refractivity contribution is 0.174. The fourth-order valence-corrected chi connectivity index (χ4v) is 2.92. The number of nitrogens with one attached hydrogen (secondary N) is 1. The first-order valence-electron chi connectivity index (χ1n) is 7.77. The number of fused-ring (bicyclic) bond motifs is 1. The molecule has 0 aliphatic carbocycles. The Morgan fingerprint density at radius 2 is 2.00 bits per heavy atom. The normalized spacial score (nSPS) is 17.2. The number of methoxy groups -OCH3 is 1. The summed E-state index contributed by atoms with van der Waals surface area (Å²) in [6.07, 6.45) is 3.95. The summed E-state index contributed by atoms with van der Waals surface area (Å²) in [5.41, 5.74) is 5.97. The standard InChI is InChI=1S/C19H18N2O3/c1-11-6-12(2)20-14(11)8-16-18(22-3)9-15(21-16)13-4-5-17-19(7-13)24-10-23-17/h4-9,20H,10H2,1-3H3/b16-8-. The van der Waals surface area contributed by atoms with E-state index in [0.29, 0.717) is 0 Å². The highest BCUT2D eigenvalue weighted by molar-refractivity contribution is 6.12. The monoisotopic (exact) mass is 322 g/mol. The molecule has 2 aliphatic heterocycles. The molecule has 1 aromatic carbocycles. The van der Waals surface area contributed by atoms with Crippen molar-refractivity contribution in [2.24, 2.45) is 4.99 Å². The van der Waals surface area contributed by atoms with Crippen LogP contribution in [0.2, 0.25) is 0 Å². The lowest BCUT2D eigenvalue weighted by Gasteiger charge is -2.01. The fourth-order valence-electron chi connectivity index (χ4n) is 2.92. The van der Waals surface area contributed by atoms with Gasteiger partial charge in [-0.25, -0.2) is 4.99 Å². The number of aryl methyl sites for hydroxylation is 2. The van der Waals surface area contributed by atoms with Crippen molar-refractivity contribution in [1.29, 1.82) is 0 Å². The van der Waals surface area contributed by atoms with Crippen LogP contribution in [0.1, 0.15) is 22.5 Å². The molecule has 24 heavy (non-hydrogen) atoms. The van der Waals surface area contributed by atoms with Crippen LogP contribution in [0.3, 0.4) is 0 Å². The molecule has 0 fully saturated rings. The molecule has 0 amide bonds. The number of nitrogens with zero attached hydrogens (tertiary/aromatic N) is 1. The molecule has 0 saturated heterocycles. The third-order valence-corrected chi connectivity index (χ3v) is 4.12. The van der Waals surface area contributed by atoms with Crippen LogP contribution in [0.25, 0.3) is 6.08 Å². The van der Waals surface area contributed by atoms with Crippen LogP contribution in [0.5, 0.6) is 11.5 Å². The summed E-state index contributed by atoms with van der Waals surface area (Å²) in [6, 6.07) is 7.93. The van der Waals surface area contributed by atoms with Crippen molar-refractivity contribution < 1.29 is 14.2 Å². The number of allylic oxidation sites excluding steroid dienone is 1. The summed E-state index contributed by atoms with van der Waals surface area (Å²) in [5.74, 6) is 2.26. The van der Waals surface area contributed by atoms with E-state index in [1.165, 1.54) is 5.56 Å². The maximum Gasteiger partial charge on any atom is 0.231 e. The molecule has 0 bridgehead atoms. The minimum atomic E-state index is 0.265. The Morgan fingerprint density at radius 3 is 2.75 bits per heavy atom. The Labute approximate surface area is 140 Å². The van der Waals surface area contributed by atoms with Gasteiger partial charge in [0.2, 0.25) is 6.79 Å². The summed E-state index contributed by atoms with van der Waals surface area (Å²) in [7, 11) is 1.66. The highest BCUT2D eigenvalue weighted by atomic mass is 16.7. The van der Waals surface area contributed by atoms with Crippen molar-refractivity contribution in [2.75, 3.05) is 13.9 Å². The topological polar surface area (TPSA) is 55.8 Å². The van der Waals surface area contributed by atoms with Gasteiger partial charge < -0.3 is 19.2 Å². The second-order valence-electron chi connectivity index (χ2n) is 5.86. The van der Waals surface area contributed by atoms with Crippen molar-refractivity contribution in [3.8, 4) is 11.5 Å². The molecule has 2 aliphatic rings. The second-order valence-corrected chi connectivity index (χ2v) is 5.86. The van der Waals surface area contributed by atoms with Crippen molar-refractivity contribution in [2.45, 2.75) is 13.8 Å². The zero-order valence-corrected chi connectivity index (χ0v) is 13.8. The van der Waals surface area contributed by atoms with E-state index in [9.17, 15) is 0 Å². The number of aromatic amines is 1. The van der Waals surface area contributed by atoms with Crippen molar-refractivity contribution >= 4 is 11.8 Å². The van der Waals surface area contributed by atoms with Gasteiger partial charge in [-0.3, -0.25) is 0 Å². The average Bonchev–Trinajstić information content (AvgIpc) is 3.26. The van der Waals surface area contributed by atoms with Gasteiger partial charge in [-0.1, -0.05) is 0 Å². The van der Waals surface area contributed by atoms with Crippen LogP contribution in [-0.4, -0.2) is 24.6 Å². The minimum absolute atomic E-state index is 0.265. The maximum atomic E-state index is 5.50. The Kier molecular flexibility index (Phi) is 3.41. The highest BCUT2D eigenvalue weighted by Crippen LogP contribution is 2.34. The molecule has 0 unspecified atom stereocenters. The first kappa shape index (κ1) is 14.6. The molecular weight excluding hydrogens is 304 g/mol. The van der Waals surface area contributed by atoms with E-state index in [2.05, 4.69) is 18.0 Å². The van der Waals surface area contributed by atoms with Gasteiger partial charge >= 0.3 is 0 Å². The second kappa shape index (κ2) is 5.60. The number of aliphatic imine (C=N–C) groups is 1. The van der Waals surface area contributed by atoms with Crippen LogP contribution in [0, 0.1) is 13.8 Å². The highest BCUT2D eigenvalue weighted by Gasteiger charge is 2.20. The summed E-state index contributed by atoms with van der Waals surface area (Å²) in [6.45, 7) is 4.38.